The maximum atomic E-state index is 14.8. The van der Waals surface area contributed by atoms with Crippen LogP contribution in [0.1, 0.15) is 138 Å². The minimum absolute atomic E-state index is 0.00813. The Morgan fingerprint density at radius 1 is 0.750 bits per heavy atom. The van der Waals surface area contributed by atoms with Gasteiger partial charge in [-0.2, -0.15) is 8.78 Å². The van der Waals surface area contributed by atoms with Gasteiger partial charge in [-0.05, 0) is 118 Å². The third kappa shape index (κ3) is 9.26. The summed E-state index contributed by atoms with van der Waals surface area (Å²) >= 11 is 0. The number of allylic oxidation sites excluding steroid dienone is 2. The summed E-state index contributed by atoms with van der Waals surface area (Å²) in [5.41, 5.74) is 3.61. The van der Waals surface area contributed by atoms with Crippen LogP contribution in [0.3, 0.4) is 0 Å². The molecule has 0 aliphatic heterocycles. The zero-order chi connectivity index (χ0) is 28.2. The predicted molar refractivity (Wildman–Crippen MR) is 164 cm³/mol. The zero-order valence-corrected chi connectivity index (χ0v) is 25.1. The Kier molecular flexibility index (Phi) is 12.3. The van der Waals surface area contributed by atoms with E-state index in [1.165, 1.54) is 88.2 Å². The van der Waals surface area contributed by atoms with Crippen LogP contribution in [-0.2, 0) is 17.3 Å². The number of unbranched alkanes of at least 4 members (excludes halogenated alkanes) is 2. The van der Waals surface area contributed by atoms with Gasteiger partial charge >= 0.3 is 6.11 Å². The van der Waals surface area contributed by atoms with Gasteiger partial charge in [0.2, 0.25) is 0 Å². The number of alkyl halides is 2. The first kappa shape index (κ1) is 30.9. The molecule has 0 N–H and O–H groups in total. The second-order valence-electron chi connectivity index (χ2n) is 12.6. The summed E-state index contributed by atoms with van der Waals surface area (Å²) < 4.78 is 34.8. The van der Waals surface area contributed by atoms with Crippen LogP contribution in [0, 0.1) is 11.8 Å². The Balaban J connectivity index is 1.18. The topological polar surface area (TPSA) is 9.23 Å². The van der Waals surface area contributed by atoms with Crippen molar-refractivity contribution >= 4 is 0 Å². The molecule has 0 radical (unpaired) electrons. The molecule has 1 nitrogen and oxygen atoms in total. The van der Waals surface area contributed by atoms with Gasteiger partial charge in [0.15, 0.2) is 0 Å². The lowest BCUT2D eigenvalue weighted by atomic mass is 9.77. The molecular formula is C37H52F2O. The SMILES string of the molecule is C/C=C/CCC1CCC(c2ccc(C(F)(F)OCCc3ccc(C4CCC(CCCCC)CC4)cc3)cc2)CC1. The van der Waals surface area contributed by atoms with Crippen LogP contribution < -0.4 is 0 Å². The highest BCUT2D eigenvalue weighted by atomic mass is 19.3. The first-order valence-electron chi connectivity index (χ1n) is 16.3. The summed E-state index contributed by atoms with van der Waals surface area (Å²) in [5.74, 6) is 2.86. The van der Waals surface area contributed by atoms with Crippen molar-refractivity contribution in [1.29, 1.82) is 0 Å². The van der Waals surface area contributed by atoms with Crippen LogP contribution in [-0.4, -0.2) is 6.61 Å². The molecule has 2 fully saturated rings. The first-order valence-corrected chi connectivity index (χ1v) is 16.3. The standard InChI is InChI=1S/C37H52F2O/c1-3-5-7-9-29-11-17-32(18-12-29)33-21-15-31(16-22-33)27-28-40-37(38,39)36-25-23-35(24-26-36)34-19-13-30(14-20-34)10-8-6-4-2/h4,6,15-16,21-26,29-30,32,34H,3,5,7-14,17-20,27-28H2,1-2H3/b6-4+. The van der Waals surface area contributed by atoms with Crippen LogP contribution in [0.2, 0.25) is 0 Å². The Morgan fingerprint density at radius 2 is 1.30 bits per heavy atom. The minimum atomic E-state index is -3.27. The summed E-state index contributed by atoms with van der Waals surface area (Å²) in [6, 6.07) is 15.6. The third-order valence-corrected chi connectivity index (χ3v) is 9.73. The first-order chi connectivity index (χ1) is 19.5. The number of ether oxygens (including phenoxy) is 1. The molecule has 0 unspecified atom stereocenters. The third-order valence-electron chi connectivity index (χ3n) is 9.73. The zero-order valence-electron chi connectivity index (χ0n) is 25.1. The molecule has 0 amide bonds. The summed E-state index contributed by atoms with van der Waals surface area (Å²) in [5, 5.41) is 0. The maximum Gasteiger partial charge on any atom is 0.383 e. The monoisotopic (exact) mass is 550 g/mol. The van der Waals surface area contributed by atoms with Crippen LogP contribution in [0.25, 0.3) is 0 Å². The molecule has 2 aliphatic carbocycles. The largest absolute Gasteiger partial charge is 0.383 e. The summed E-state index contributed by atoms with van der Waals surface area (Å²) in [4.78, 5) is 0. The molecule has 0 spiro atoms. The molecule has 3 heteroatoms. The Labute approximate surface area is 242 Å². The van der Waals surface area contributed by atoms with Gasteiger partial charge in [-0.1, -0.05) is 93.3 Å². The second-order valence-corrected chi connectivity index (χ2v) is 12.6. The highest BCUT2D eigenvalue weighted by Crippen LogP contribution is 2.39. The molecule has 2 aromatic rings. The van der Waals surface area contributed by atoms with Crippen molar-refractivity contribution in [3.63, 3.8) is 0 Å². The van der Waals surface area contributed by atoms with Gasteiger partial charge in [0.25, 0.3) is 0 Å². The van der Waals surface area contributed by atoms with E-state index >= 15 is 0 Å². The quantitative estimate of drug-likeness (QED) is 0.168. The summed E-state index contributed by atoms with van der Waals surface area (Å²) in [6.45, 7) is 4.36. The van der Waals surface area contributed by atoms with Gasteiger partial charge in [-0.3, -0.25) is 0 Å². The van der Waals surface area contributed by atoms with Crippen molar-refractivity contribution in [2.24, 2.45) is 11.8 Å². The van der Waals surface area contributed by atoms with E-state index in [9.17, 15) is 8.78 Å². The number of hydrogen-bond acceptors (Lipinski definition) is 1. The Hall–Kier alpha value is -2.00. The van der Waals surface area contributed by atoms with Crippen LogP contribution >= 0.6 is 0 Å². The van der Waals surface area contributed by atoms with Gasteiger partial charge in [0.1, 0.15) is 0 Å². The van der Waals surface area contributed by atoms with Gasteiger partial charge in [0, 0.05) is 0 Å². The molecule has 0 heterocycles. The van der Waals surface area contributed by atoms with Gasteiger partial charge < -0.3 is 4.74 Å². The average molecular weight is 551 g/mol. The Morgan fingerprint density at radius 3 is 1.85 bits per heavy atom. The average Bonchev–Trinajstić information content (AvgIpc) is 2.99. The molecule has 2 saturated carbocycles. The van der Waals surface area contributed by atoms with Crippen molar-refractivity contribution < 1.29 is 13.5 Å². The number of rotatable bonds is 14. The molecule has 0 bridgehead atoms. The normalized spacial score (nSPS) is 24.0. The van der Waals surface area contributed by atoms with E-state index in [0.29, 0.717) is 18.3 Å². The number of benzene rings is 2. The van der Waals surface area contributed by atoms with E-state index in [2.05, 4.69) is 50.3 Å². The van der Waals surface area contributed by atoms with Crippen molar-refractivity contribution in [2.75, 3.05) is 6.61 Å². The second kappa shape index (κ2) is 15.9. The number of halogens is 2. The fraction of sp³-hybridized carbons (Fsp3) is 0.622. The van der Waals surface area contributed by atoms with Crippen LogP contribution in [0.15, 0.2) is 60.7 Å². The summed E-state index contributed by atoms with van der Waals surface area (Å²) in [7, 11) is 0. The van der Waals surface area contributed by atoms with Gasteiger partial charge in [-0.25, -0.2) is 0 Å². The molecule has 0 aromatic heterocycles. The van der Waals surface area contributed by atoms with E-state index in [4.69, 9.17) is 4.74 Å². The molecule has 40 heavy (non-hydrogen) atoms. The van der Waals surface area contributed by atoms with E-state index in [1.54, 1.807) is 12.1 Å². The minimum Gasteiger partial charge on any atom is -0.316 e. The molecule has 220 valence electrons. The molecule has 4 rings (SSSR count). The van der Waals surface area contributed by atoms with Crippen molar-refractivity contribution in [1.82, 2.24) is 0 Å². The molecule has 0 atom stereocenters. The van der Waals surface area contributed by atoms with E-state index in [-0.39, 0.29) is 12.2 Å². The van der Waals surface area contributed by atoms with Crippen LogP contribution in [0.4, 0.5) is 8.78 Å². The van der Waals surface area contributed by atoms with E-state index in [1.807, 2.05) is 12.1 Å². The van der Waals surface area contributed by atoms with E-state index in [0.717, 1.165) is 30.2 Å². The lowest BCUT2D eigenvalue weighted by Gasteiger charge is -2.29. The fourth-order valence-electron chi connectivity index (χ4n) is 7.04. The maximum absolute atomic E-state index is 14.8. The van der Waals surface area contributed by atoms with Crippen molar-refractivity contribution in [2.45, 2.75) is 128 Å². The van der Waals surface area contributed by atoms with Crippen LogP contribution in [0.5, 0.6) is 0 Å². The molecule has 0 saturated heterocycles. The Bertz CT molecular complexity index is 993. The highest BCUT2D eigenvalue weighted by Gasteiger charge is 2.33. The summed E-state index contributed by atoms with van der Waals surface area (Å²) in [6.07, 6.45) is 19.5. The van der Waals surface area contributed by atoms with Gasteiger partial charge in [-0.15, -0.1) is 0 Å². The molecule has 2 aromatic carbocycles. The molecular weight excluding hydrogens is 498 g/mol. The smallest absolute Gasteiger partial charge is 0.316 e. The lowest BCUT2D eigenvalue weighted by Crippen LogP contribution is -2.20. The van der Waals surface area contributed by atoms with Crippen molar-refractivity contribution in [3.05, 3.63) is 82.9 Å². The highest BCUT2D eigenvalue weighted by molar-refractivity contribution is 5.28. The predicted octanol–water partition coefficient (Wildman–Crippen LogP) is 11.5. The van der Waals surface area contributed by atoms with Gasteiger partial charge in [0.05, 0.1) is 12.2 Å². The fourth-order valence-corrected chi connectivity index (χ4v) is 7.04. The van der Waals surface area contributed by atoms with E-state index < -0.39 is 6.11 Å². The number of hydrogen-bond donors (Lipinski definition) is 0. The van der Waals surface area contributed by atoms with Crippen molar-refractivity contribution in [3.8, 4) is 0 Å². The lowest BCUT2D eigenvalue weighted by molar-refractivity contribution is -0.248. The molecule has 2 aliphatic rings.